The largest absolute Gasteiger partial charge is 0.369 e. The Bertz CT molecular complexity index is 565. The number of rotatable bonds is 5. The third-order valence-corrected chi connectivity index (χ3v) is 3.32. The maximum Gasteiger partial charge on any atom is 0.229 e. The Balaban J connectivity index is 2.23. The van der Waals surface area contributed by atoms with Crippen LogP contribution in [0.1, 0.15) is 19.5 Å². The fraction of sp³-hybridized carbons (Fsp3) is 0.417. The molecule has 0 bridgehead atoms. The zero-order valence-electron chi connectivity index (χ0n) is 11.2. The minimum atomic E-state index is 0.554. The molecular weight excluding hydrogens is 308 g/mol. The van der Waals surface area contributed by atoms with Crippen LogP contribution in [0.2, 0.25) is 0 Å². The van der Waals surface area contributed by atoms with E-state index in [2.05, 4.69) is 48.6 Å². The maximum absolute atomic E-state index is 4.42. The van der Waals surface area contributed by atoms with Crippen LogP contribution >= 0.6 is 15.9 Å². The summed E-state index contributed by atoms with van der Waals surface area (Å²) in [5.74, 6) is 1.33. The standard InChI is InChI=1S/C12H17BrN6/c1-4-14-11-9(13)6-15-12(18-11)17-10-7-16-19(5-2)8(10)3/h6-7H,4-5H2,1-3H3,(H2,14,15,17,18). The number of nitrogens with one attached hydrogen (secondary N) is 2. The molecule has 0 aliphatic rings. The van der Waals surface area contributed by atoms with Gasteiger partial charge in [-0.1, -0.05) is 0 Å². The van der Waals surface area contributed by atoms with Gasteiger partial charge in [-0.05, 0) is 36.7 Å². The van der Waals surface area contributed by atoms with Crippen LogP contribution in [0.15, 0.2) is 16.9 Å². The predicted octanol–water partition coefficient (Wildman–Crippen LogP) is 2.94. The van der Waals surface area contributed by atoms with Gasteiger partial charge in [0.2, 0.25) is 5.95 Å². The number of hydrogen-bond acceptors (Lipinski definition) is 5. The highest BCUT2D eigenvalue weighted by molar-refractivity contribution is 9.10. The summed E-state index contributed by atoms with van der Waals surface area (Å²) in [7, 11) is 0. The third kappa shape index (κ3) is 3.04. The summed E-state index contributed by atoms with van der Waals surface area (Å²) in [4.78, 5) is 8.66. The Morgan fingerprint density at radius 1 is 1.32 bits per heavy atom. The molecule has 0 aliphatic heterocycles. The molecule has 2 aromatic heterocycles. The van der Waals surface area contributed by atoms with Gasteiger partial charge in [0.15, 0.2) is 0 Å². The van der Waals surface area contributed by atoms with E-state index in [1.807, 2.05) is 18.5 Å². The second kappa shape index (κ2) is 6.01. The summed E-state index contributed by atoms with van der Waals surface area (Å²) in [6, 6.07) is 0. The van der Waals surface area contributed by atoms with Gasteiger partial charge in [0.25, 0.3) is 0 Å². The van der Waals surface area contributed by atoms with E-state index < -0.39 is 0 Å². The zero-order valence-corrected chi connectivity index (χ0v) is 12.8. The average Bonchev–Trinajstić information content (AvgIpc) is 2.75. The van der Waals surface area contributed by atoms with Crippen LogP contribution in [0.4, 0.5) is 17.5 Å². The first-order valence-electron chi connectivity index (χ1n) is 6.21. The topological polar surface area (TPSA) is 67.7 Å². The van der Waals surface area contributed by atoms with E-state index in [9.17, 15) is 0 Å². The molecule has 0 fully saturated rings. The van der Waals surface area contributed by atoms with Gasteiger partial charge in [-0.2, -0.15) is 10.1 Å². The van der Waals surface area contributed by atoms with Crippen molar-refractivity contribution in [3.05, 3.63) is 22.6 Å². The van der Waals surface area contributed by atoms with Gasteiger partial charge in [-0.15, -0.1) is 0 Å². The van der Waals surface area contributed by atoms with Crippen molar-refractivity contribution in [2.45, 2.75) is 27.3 Å². The molecule has 2 N–H and O–H groups in total. The van der Waals surface area contributed by atoms with E-state index in [1.54, 1.807) is 12.4 Å². The molecule has 0 amide bonds. The Morgan fingerprint density at radius 2 is 2.11 bits per heavy atom. The summed E-state index contributed by atoms with van der Waals surface area (Å²) in [5, 5.41) is 10.6. The fourth-order valence-corrected chi connectivity index (χ4v) is 2.06. The summed E-state index contributed by atoms with van der Waals surface area (Å²) in [6.45, 7) is 7.75. The smallest absolute Gasteiger partial charge is 0.229 e. The number of halogens is 1. The van der Waals surface area contributed by atoms with Crippen molar-refractivity contribution < 1.29 is 0 Å². The molecular formula is C12H17BrN6. The lowest BCUT2D eigenvalue weighted by atomic mass is 10.4. The molecule has 0 radical (unpaired) electrons. The summed E-state index contributed by atoms with van der Waals surface area (Å²) in [6.07, 6.45) is 3.52. The highest BCUT2D eigenvalue weighted by Crippen LogP contribution is 2.22. The summed E-state index contributed by atoms with van der Waals surface area (Å²) >= 11 is 3.41. The van der Waals surface area contributed by atoms with Crippen molar-refractivity contribution in [1.82, 2.24) is 19.7 Å². The highest BCUT2D eigenvalue weighted by atomic mass is 79.9. The molecule has 0 saturated carbocycles. The Kier molecular flexibility index (Phi) is 4.36. The summed E-state index contributed by atoms with van der Waals surface area (Å²) < 4.78 is 2.77. The van der Waals surface area contributed by atoms with E-state index in [0.29, 0.717) is 5.95 Å². The monoisotopic (exact) mass is 324 g/mol. The lowest BCUT2D eigenvalue weighted by Crippen LogP contribution is -2.05. The summed E-state index contributed by atoms with van der Waals surface area (Å²) in [5.41, 5.74) is 1.99. The Labute approximate surface area is 120 Å². The normalized spacial score (nSPS) is 10.5. The average molecular weight is 325 g/mol. The fourth-order valence-electron chi connectivity index (χ4n) is 1.73. The molecule has 0 aromatic carbocycles. The molecule has 0 unspecified atom stereocenters. The van der Waals surface area contributed by atoms with Crippen LogP contribution < -0.4 is 10.6 Å². The Hall–Kier alpha value is -1.63. The molecule has 102 valence electrons. The Morgan fingerprint density at radius 3 is 2.74 bits per heavy atom. The number of nitrogens with zero attached hydrogens (tertiary/aromatic N) is 4. The highest BCUT2D eigenvalue weighted by Gasteiger charge is 2.08. The van der Waals surface area contributed by atoms with Crippen molar-refractivity contribution in [2.75, 3.05) is 17.2 Å². The molecule has 0 atom stereocenters. The van der Waals surface area contributed by atoms with Gasteiger partial charge in [0, 0.05) is 19.3 Å². The molecule has 0 spiro atoms. The van der Waals surface area contributed by atoms with Gasteiger partial charge in [-0.25, -0.2) is 4.98 Å². The van der Waals surface area contributed by atoms with E-state index in [1.165, 1.54) is 0 Å². The number of anilines is 3. The third-order valence-electron chi connectivity index (χ3n) is 2.74. The van der Waals surface area contributed by atoms with Crippen LogP contribution in [-0.4, -0.2) is 26.3 Å². The van der Waals surface area contributed by atoms with Crippen LogP contribution in [0, 0.1) is 6.92 Å². The molecule has 2 rings (SSSR count). The molecule has 6 nitrogen and oxygen atoms in total. The molecule has 19 heavy (non-hydrogen) atoms. The van der Waals surface area contributed by atoms with E-state index in [-0.39, 0.29) is 0 Å². The van der Waals surface area contributed by atoms with Crippen molar-refractivity contribution in [2.24, 2.45) is 0 Å². The number of aryl methyl sites for hydroxylation is 1. The lowest BCUT2D eigenvalue weighted by Gasteiger charge is -2.08. The van der Waals surface area contributed by atoms with Crippen LogP contribution in [0.5, 0.6) is 0 Å². The number of aromatic nitrogens is 4. The van der Waals surface area contributed by atoms with Gasteiger partial charge >= 0.3 is 0 Å². The van der Waals surface area contributed by atoms with E-state index in [0.717, 1.165) is 34.8 Å². The number of hydrogen-bond donors (Lipinski definition) is 2. The minimum absolute atomic E-state index is 0.554. The minimum Gasteiger partial charge on any atom is -0.369 e. The van der Waals surface area contributed by atoms with Crippen molar-refractivity contribution in [3.8, 4) is 0 Å². The van der Waals surface area contributed by atoms with E-state index in [4.69, 9.17) is 0 Å². The first-order chi connectivity index (χ1) is 9.15. The maximum atomic E-state index is 4.42. The van der Waals surface area contributed by atoms with Crippen molar-refractivity contribution in [1.29, 1.82) is 0 Å². The quantitative estimate of drug-likeness (QED) is 0.885. The predicted molar refractivity (Wildman–Crippen MR) is 79.8 cm³/mol. The molecule has 2 heterocycles. The lowest BCUT2D eigenvalue weighted by molar-refractivity contribution is 0.640. The van der Waals surface area contributed by atoms with Crippen LogP contribution in [0.3, 0.4) is 0 Å². The molecule has 0 aliphatic carbocycles. The van der Waals surface area contributed by atoms with Gasteiger partial charge in [0.1, 0.15) is 5.82 Å². The molecule has 7 heteroatoms. The molecule has 0 saturated heterocycles. The van der Waals surface area contributed by atoms with E-state index >= 15 is 0 Å². The zero-order chi connectivity index (χ0) is 13.8. The van der Waals surface area contributed by atoms with Crippen molar-refractivity contribution in [3.63, 3.8) is 0 Å². The van der Waals surface area contributed by atoms with Crippen molar-refractivity contribution >= 4 is 33.4 Å². The molecule has 2 aromatic rings. The van der Waals surface area contributed by atoms with Crippen LogP contribution in [0.25, 0.3) is 0 Å². The van der Waals surface area contributed by atoms with Gasteiger partial charge in [0.05, 0.1) is 22.1 Å². The first-order valence-corrected chi connectivity index (χ1v) is 7.00. The van der Waals surface area contributed by atoms with Gasteiger partial charge in [-0.3, -0.25) is 4.68 Å². The second-order valence-electron chi connectivity index (χ2n) is 4.00. The SMILES string of the molecule is CCNc1nc(Nc2cnn(CC)c2C)ncc1Br. The van der Waals surface area contributed by atoms with Gasteiger partial charge < -0.3 is 10.6 Å². The second-order valence-corrected chi connectivity index (χ2v) is 4.86. The first kappa shape index (κ1) is 13.8. The van der Waals surface area contributed by atoms with Crippen LogP contribution in [-0.2, 0) is 6.54 Å².